The fourth-order valence-electron chi connectivity index (χ4n) is 1.44. The van der Waals surface area contributed by atoms with Gasteiger partial charge in [-0.2, -0.15) is 0 Å². The van der Waals surface area contributed by atoms with E-state index < -0.39 is 0 Å². The van der Waals surface area contributed by atoms with Crippen molar-refractivity contribution in [2.45, 2.75) is 82.1 Å². The highest BCUT2D eigenvalue weighted by Crippen LogP contribution is 2.27. The summed E-state index contributed by atoms with van der Waals surface area (Å²) < 4.78 is 10.3. The lowest BCUT2D eigenvalue weighted by Gasteiger charge is -2.14. The Morgan fingerprint density at radius 2 is 1.28 bits per heavy atom. The van der Waals surface area contributed by atoms with Gasteiger partial charge in [-0.15, -0.1) is 0 Å². The monoisotopic (exact) mass is 358 g/mol. The van der Waals surface area contributed by atoms with Gasteiger partial charge in [0.25, 0.3) is 0 Å². The third-order valence-electron chi connectivity index (χ3n) is 2.72. The molecule has 1 aromatic rings. The number of methoxy groups -OCH3 is 2. The van der Waals surface area contributed by atoms with E-state index in [0.717, 1.165) is 24.3 Å². The van der Waals surface area contributed by atoms with Gasteiger partial charge in [-0.1, -0.05) is 75.3 Å². The summed E-state index contributed by atoms with van der Waals surface area (Å²) in [6.45, 7) is 20.8. The molecule has 1 N–H and O–H groups in total. The van der Waals surface area contributed by atoms with Crippen LogP contribution in [-0.4, -0.2) is 25.9 Å². The normalized spacial score (nSPS) is 8.68. The largest absolute Gasteiger partial charge is 0.493 e. The summed E-state index contributed by atoms with van der Waals surface area (Å²) in [5.74, 6) is 1.59. The molecule has 0 saturated carbocycles. The minimum absolute atomic E-state index is 0.300. The summed E-state index contributed by atoms with van der Waals surface area (Å²) in [5.41, 5.74) is 1.56. The average molecular weight is 359 g/mol. The molecular weight excluding hydrogens is 312 g/mol. The Balaban J connectivity index is -0.000000146. The molecule has 3 nitrogen and oxygen atoms in total. The maximum atomic E-state index is 8.40. The first kappa shape index (κ1) is 31.5. The van der Waals surface area contributed by atoms with Crippen LogP contribution < -0.4 is 9.47 Å². The molecule has 152 valence electrons. The molecular formula is C22H46O3. The van der Waals surface area contributed by atoms with Crippen LogP contribution in [0.3, 0.4) is 0 Å². The smallest absolute Gasteiger partial charge is 0.160 e. The first-order chi connectivity index (χ1) is 11.9. The number of hydrogen-bond acceptors (Lipinski definition) is 3. The Bertz CT molecular complexity index is 355. The van der Waals surface area contributed by atoms with Crippen molar-refractivity contribution in [3.8, 4) is 11.5 Å². The molecule has 0 unspecified atom stereocenters. The Morgan fingerprint density at radius 1 is 0.840 bits per heavy atom. The van der Waals surface area contributed by atoms with Crippen LogP contribution in [0.25, 0.3) is 0 Å². The third kappa shape index (κ3) is 20.7. The lowest BCUT2D eigenvalue weighted by Crippen LogP contribution is -2.06. The molecule has 0 bridgehead atoms. The van der Waals surface area contributed by atoms with Gasteiger partial charge in [0.2, 0.25) is 0 Å². The van der Waals surface area contributed by atoms with E-state index in [1.165, 1.54) is 5.56 Å². The van der Waals surface area contributed by atoms with E-state index in [0.29, 0.717) is 12.0 Å². The van der Waals surface area contributed by atoms with Crippen LogP contribution in [0.1, 0.15) is 81.2 Å². The molecule has 0 amide bonds. The highest BCUT2D eigenvalue weighted by molar-refractivity contribution is 5.42. The second-order valence-electron chi connectivity index (χ2n) is 5.58. The van der Waals surface area contributed by atoms with E-state index >= 15 is 0 Å². The molecule has 3 heteroatoms. The van der Waals surface area contributed by atoms with Crippen LogP contribution in [0.15, 0.2) is 18.2 Å². The van der Waals surface area contributed by atoms with Gasteiger partial charge >= 0.3 is 0 Å². The Hall–Kier alpha value is -1.22. The topological polar surface area (TPSA) is 38.7 Å². The van der Waals surface area contributed by atoms with Crippen molar-refractivity contribution in [3.63, 3.8) is 0 Å². The Labute approximate surface area is 158 Å². The van der Waals surface area contributed by atoms with Gasteiger partial charge in [0, 0.05) is 6.61 Å². The van der Waals surface area contributed by atoms with Gasteiger partial charge in [0.05, 0.1) is 14.2 Å². The predicted molar refractivity (Wildman–Crippen MR) is 114 cm³/mol. The first-order valence-corrected chi connectivity index (χ1v) is 9.69. The molecule has 0 aliphatic rings. The summed E-state index contributed by atoms with van der Waals surface area (Å²) in [4.78, 5) is 0. The second-order valence-corrected chi connectivity index (χ2v) is 5.58. The second kappa shape index (κ2) is 22.8. The maximum absolute atomic E-state index is 8.40. The van der Waals surface area contributed by atoms with E-state index in [1.807, 2.05) is 59.7 Å². The fourth-order valence-corrected chi connectivity index (χ4v) is 1.44. The summed E-state index contributed by atoms with van der Waals surface area (Å²) in [6, 6.07) is 5.97. The van der Waals surface area contributed by atoms with Gasteiger partial charge in [-0.3, -0.25) is 0 Å². The lowest BCUT2D eigenvalue weighted by molar-refractivity contribution is 0.225. The van der Waals surface area contributed by atoms with Crippen LogP contribution in [0.2, 0.25) is 0 Å². The van der Waals surface area contributed by atoms with Gasteiger partial charge < -0.3 is 14.6 Å². The van der Waals surface area contributed by atoms with Crippen molar-refractivity contribution >= 4 is 0 Å². The quantitative estimate of drug-likeness (QED) is 0.646. The van der Waals surface area contributed by atoms with Crippen molar-refractivity contribution in [1.82, 2.24) is 0 Å². The van der Waals surface area contributed by atoms with E-state index in [9.17, 15) is 0 Å². The van der Waals surface area contributed by atoms with Gasteiger partial charge in [0.15, 0.2) is 11.5 Å². The van der Waals surface area contributed by atoms with Crippen LogP contribution in [-0.2, 0) is 6.42 Å². The summed E-state index contributed by atoms with van der Waals surface area (Å²) >= 11 is 0. The molecule has 0 heterocycles. The molecule has 0 atom stereocenters. The van der Waals surface area contributed by atoms with E-state index in [1.54, 1.807) is 14.2 Å². The predicted octanol–water partition coefficient (Wildman–Crippen LogP) is 6.76. The zero-order valence-electron chi connectivity index (χ0n) is 19.1. The molecule has 0 aromatic heterocycles. The third-order valence-corrected chi connectivity index (χ3v) is 2.72. The number of hydrogen-bond donors (Lipinski definition) is 1. The molecule has 0 saturated heterocycles. The molecule has 0 aliphatic heterocycles. The maximum Gasteiger partial charge on any atom is 0.160 e. The zero-order chi connectivity index (χ0) is 20.9. The van der Waals surface area contributed by atoms with E-state index in [4.69, 9.17) is 14.6 Å². The zero-order valence-corrected chi connectivity index (χ0v) is 19.1. The minimum atomic E-state index is 0.300. The molecule has 1 rings (SSSR count). The standard InChI is InChI=1S/C10H14O2.C6H14O.3C2H6/c1-4-8-5-6-9(11-2)10(7-8)12-3;1-6(2,3)4-5-7;3*1-2/h5-7H,4H2,1-3H3;7H,4-5H2,1-3H3;3*1-2H3. The fraction of sp³-hybridized carbons (Fsp3) is 0.727. The van der Waals surface area contributed by atoms with Crippen LogP contribution in [0, 0.1) is 5.41 Å². The van der Waals surface area contributed by atoms with Crippen LogP contribution in [0.5, 0.6) is 11.5 Å². The molecule has 0 spiro atoms. The SMILES string of the molecule is CC.CC.CC.CC(C)(C)CCO.CCc1ccc(OC)c(OC)c1. The molecule has 25 heavy (non-hydrogen) atoms. The van der Waals surface area contributed by atoms with Crippen LogP contribution in [0.4, 0.5) is 0 Å². The van der Waals surface area contributed by atoms with Crippen molar-refractivity contribution < 1.29 is 14.6 Å². The van der Waals surface area contributed by atoms with Crippen molar-refractivity contribution in [3.05, 3.63) is 23.8 Å². The van der Waals surface area contributed by atoms with E-state index in [-0.39, 0.29) is 0 Å². The number of aliphatic hydroxyl groups excluding tert-OH is 1. The molecule has 1 aromatic carbocycles. The number of benzene rings is 1. The molecule has 0 fully saturated rings. The van der Waals surface area contributed by atoms with Crippen LogP contribution >= 0.6 is 0 Å². The number of ether oxygens (including phenoxy) is 2. The van der Waals surface area contributed by atoms with Gasteiger partial charge in [-0.05, 0) is 36.0 Å². The Kier molecular flexibility index (Phi) is 28.7. The summed E-state index contributed by atoms with van der Waals surface area (Å²) in [6.07, 6.45) is 1.91. The molecule has 0 radical (unpaired) electrons. The molecule has 0 aliphatic carbocycles. The van der Waals surface area contributed by atoms with Gasteiger partial charge in [-0.25, -0.2) is 0 Å². The van der Waals surface area contributed by atoms with Crippen molar-refractivity contribution in [2.75, 3.05) is 20.8 Å². The van der Waals surface area contributed by atoms with Crippen molar-refractivity contribution in [1.29, 1.82) is 0 Å². The number of aryl methyl sites for hydroxylation is 1. The lowest BCUT2D eigenvalue weighted by atomic mass is 9.93. The number of aliphatic hydroxyl groups is 1. The highest BCUT2D eigenvalue weighted by atomic mass is 16.5. The Morgan fingerprint density at radius 3 is 1.52 bits per heavy atom. The average Bonchev–Trinajstić information content (AvgIpc) is 2.65. The van der Waals surface area contributed by atoms with Gasteiger partial charge in [0.1, 0.15) is 0 Å². The minimum Gasteiger partial charge on any atom is -0.493 e. The van der Waals surface area contributed by atoms with E-state index in [2.05, 4.69) is 27.7 Å². The summed E-state index contributed by atoms with van der Waals surface area (Å²) in [5, 5.41) is 8.40. The highest BCUT2D eigenvalue weighted by Gasteiger charge is 2.06. The first-order valence-electron chi connectivity index (χ1n) is 9.69. The summed E-state index contributed by atoms with van der Waals surface area (Å²) in [7, 11) is 3.29. The number of rotatable bonds is 4. The van der Waals surface area contributed by atoms with Crippen molar-refractivity contribution in [2.24, 2.45) is 5.41 Å².